The number of amides is 2. The fourth-order valence-corrected chi connectivity index (χ4v) is 2.86. The van der Waals surface area contributed by atoms with E-state index in [1.807, 2.05) is 0 Å². The molecule has 26 heavy (non-hydrogen) atoms. The molecule has 0 aliphatic carbocycles. The number of halogens is 1. The quantitative estimate of drug-likeness (QED) is 0.333. The summed E-state index contributed by atoms with van der Waals surface area (Å²) < 4.78 is 21.5. The second-order valence-electron chi connectivity index (χ2n) is 4.89. The Hall–Kier alpha value is -2.82. The van der Waals surface area contributed by atoms with E-state index < -0.39 is 28.3 Å². The summed E-state index contributed by atoms with van der Waals surface area (Å²) in [6, 6.07) is 9.05. The topological polar surface area (TPSA) is 130 Å². The Morgan fingerprint density at radius 2 is 1.96 bits per heavy atom. The van der Waals surface area contributed by atoms with E-state index in [4.69, 9.17) is 11.6 Å². The standard InChI is InChI=1S/C15H12ClN3O6S/c16-13-8-11(6-7-12(13)14(9-20)19(22)23)18(26(24)25)15(21)17-10-4-2-1-3-5-10/h1-9,14H,(H,17,21)(H,24,25). The van der Waals surface area contributed by atoms with Crippen molar-refractivity contribution in [1.82, 2.24) is 0 Å². The number of rotatable bonds is 6. The summed E-state index contributed by atoms with van der Waals surface area (Å²) in [6.07, 6.45) is 0.116. The lowest BCUT2D eigenvalue weighted by Gasteiger charge is -2.19. The van der Waals surface area contributed by atoms with E-state index in [1.165, 1.54) is 6.07 Å². The van der Waals surface area contributed by atoms with Crippen LogP contribution in [0.4, 0.5) is 16.2 Å². The summed E-state index contributed by atoms with van der Waals surface area (Å²) in [6.45, 7) is 0. The van der Waals surface area contributed by atoms with Crippen LogP contribution in [0.1, 0.15) is 11.6 Å². The third-order valence-electron chi connectivity index (χ3n) is 3.26. The van der Waals surface area contributed by atoms with Crippen molar-refractivity contribution in [3.05, 3.63) is 69.2 Å². The number of nitro groups is 1. The van der Waals surface area contributed by atoms with Crippen LogP contribution in [0.25, 0.3) is 0 Å². The summed E-state index contributed by atoms with van der Waals surface area (Å²) in [7, 11) is 0. The third-order valence-corrected chi connectivity index (χ3v) is 4.28. The average molecular weight is 398 g/mol. The van der Waals surface area contributed by atoms with E-state index in [-0.39, 0.29) is 22.6 Å². The van der Waals surface area contributed by atoms with Gasteiger partial charge in [-0.15, -0.1) is 0 Å². The molecule has 0 saturated heterocycles. The number of urea groups is 1. The van der Waals surface area contributed by atoms with Gasteiger partial charge < -0.3 is 5.32 Å². The van der Waals surface area contributed by atoms with Crippen LogP contribution in [0.5, 0.6) is 0 Å². The second kappa shape index (κ2) is 8.52. The highest BCUT2D eigenvalue weighted by atomic mass is 35.5. The van der Waals surface area contributed by atoms with E-state index >= 15 is 0 Å². The number of para-hydroxylation sites is 1. The molecule has 0 bridgehead atoms. The van der Waals surface area contributed by atoms with Gasteiger partial charge in [-0.3, -0.25) is 19.5 Å². The fraction of sp³-hybridized carbons (Fsp3) is 0.0667. The number of hydrogen-bond acceptors (Lipinski definition) is 5. The molecule has 2 rings (SSSR count). The Labute approximate surface area is 155 Å². The Morgan fingerprint density at radius 3 is 2.46 bits per heavy atom. The molecular formula is C15H12ClN3O6S. The molecule has 0 aliphatic rings. The van der Waals surface area contributed by atoms with Gasteiger partial charge in [-0.1, -0.05) is 29.8 Å². The smallest absolute Gasteiger partial charge is 0.307 e. The number of anilines is 2. The predicted octanol–water partition coefficient (Wildman–Crippen LogP) is 3.03. The van der Waals surface area contributed by atoms with Crippen LogP contribution < -0.4 is 9.62 Å². The average Bonchev–Trinajstić information content (AvgIpc) is 2.57. The molecule has 0 heterocycles. The van der Waals surface area contributed by atoms with Gasteiger partial charge in [0.1, 0.15) is 0 Å². The zero-order valence-corrected chi connectivity index (χ0v) is 14.5. The molecule has 0 saturated carbocycles. The van der Waals surface area contributed by atoms with Crippen LogP contribution in [0.2, 0.25) is 5.02 Å². The Kier molecular flexibility index (Phi) is 6.39. The van der Waals surface area contributed by atoms with Gasteiger partial charge in [0, 0.05) is 10.6 Å². The van der Waals surface area contributed by atoms with Gasteiger partial charge in [-0.05, 0) is 30.3 Å². The summed E-state index contributed by atoms with van der Waals surface area (Å²) in [5, 5.41) is 13.1. The first-order valence-corrected chi connectivity index (χ1v) is 8.44. The molecule has 9 nitrogen and oxygen atoms in total. The van der Waals surface area contributed by atoms with Gasteiger partial charge >= 0.3 is 6.03 Å². The maximum atomic E-state index is 12.3. The molecule has 0 fully saturated rings. The molecular weight excluding hydrogens is 386 g/mol. The van der Waals surface area contributed by atoms with Gasteiger partial charge in [0.2, 0.25) is 0 Å². The minimum Gasteiger partial charge on any atom is -0.307 e. The number of aldehydes is 1. The van der Waals surface area contributed by atoms with Crippen LogP contribution >= 0.6 is 11.6 Å². The monoisotopic (exact) mass is 397 g/mol. The Bertz CT molecular complexity index is 864. The van der Waals surface area contributed by atoms with Gasteiger partial charge in [-0.25, -0.2) is 9.00 Å². The van der Waals surface area contributed by atoms with E-state index in [0.717, 1.165) is 12.1 Å². The minimum atomic E-state index is -2.74. The molecule has 2 unspecified atom stereocenters. The number of carbonyl (C=O) groups is 2. The molecule has 136 valence electrons. The highest BCUT2D eigenvalue weighted by Gasteiger charge is 2.27. The highest BCUT2D eigenvalue weighted by molar-refractivity contribution is 7.81. The number of nitrogens with one attached hydrogen (secondary N) is 1. The van der Waals surface area contributed by atoms with Gasteiger partial charge in [0.15, 0.2) is 6.29 Å². The highest BCUT2D eigenvalue weighted by Crippen LogP contribution is 2.29. The fourth-order valence-electron chi connectivity index (χ4n) is 2.09. The third kappa shape index (κ3) is 4.42. The molecule has 0 spiro atoms. The second-order valence-corrected chi connectivity index (χ2v) is 6.13. The summed E-state index contributed by atoms with van der Waals surface area (Å²) >= 11 is 3.22. The molecule has 0 aromatic heterocycles. The van der Waals surface area contributed by atoms with E-state index in [9.17, 15) is 28.5 Å². The van der Waals surface area contributed by atoms with Crippen molar-refractivity contribution in [3.8, 4) is 0 Å². The van der Waals surface area contributed by atoms with Crippen LogP contribution in [-0.2, 0) is 16.1 Å². The molecule has 2 amide bonds. The van der Waals surface area contributed by atoms with Crippen molar-refractivity contribution in [2.45, 2.75) is 6.04 Å². The lowest BCUT2D eigenvalue weighted by molar-refractivity contribution is -0.511. The number of carbonyl (C=O) groups excluding carboxylic acids is 2. The minimum absolute atomic E-state index is 0.0824. The van der Waals surface area contributed by atoms with E-state index in [0.29, 0.717) is 9.99 Å². The Balaban J connectivity index is 2.34. The van der Waals surface area contributed by atoms with Crippen molar-refractivity contribution in [2.24, 2.45) is 0 Å². The van der Waals surface area contributed by atoms with Crippen LogP contribution in [-0.4, -0.2) is 26.0 Å². The summed E-state index contributed by atoms with van der Waals surface area (Å²) in [5.41, 5.74) is 0.216. The lowest BCUT2D eigenvalue weighted by atomic mass is 10.1. The first-order valence-electron chi connectivity index (χ1n) is 7.00. The van der Waals surface area contributed by atoms with Crippen molar-refractivity contribution >= 4 is 46.6 Å². The SMILES string of the molecule is O=CC(c1ccc(N(C(=O)Nc2ccccc2)S(=O)O)cc1Cl)[N+](=O)[O-]. The summed E-state index contributed by atoms with van der Waals surface area (Å²) in [4.78, 5) is 33.2. The van der Waals surface area contributed by atoms with Gasteiger partial charge in [-0.2, -0.15) is 4.31 Å². The molecule has 0 aliphatic heterocycles. The molecule has 0 radical (unpaired) electrons. The van der Waals surface area contributed by atoms with E-state index in [1.54, 1.807) is 30.3 Å². The largest absolute Gasteiger partial charge is 0.340 e. The van der Waals surface area contributed by atoms with Crippen molar-refractivity contribution in [1.29, 1.82) is 0 Å². The van der Waals surface area contributed by atoms with Crippen LogP contribution in [0.3, 0.4) is 0 Å². The predicted molar refractivity (Wildman–Crippen MR) is 96.0 cm³/mol. The number of benzene rings is 2. The first kappa shape index (κ1) is 19.5. The first-order chi connectivity index (χ1) is 12.3. The number of nitrogens with zero attached hydrogens (tertiary/aromatic N) is 2. The van der Waals surface area contributed by atoms with Crippen molar-refractivity contribution in [2.75, 3.05) is 9.62 Å². The van der Waals surface area contributed by atoms with E-state index in [2.05, 4.69) is 5.32 Å². The van der Waals surface area contributed by atoms with Gasteiger partial charge in [0.05, 0.1) is 16.3 Å². The lowest BCUT2D eigenvalue weighted by Crippen LogP contribution is -2.36. The maximum Gasteiger partial charge on any atom is 0.340 e. The van der Waals surface area contributed by atoms with Crippen molar-refractivity contribution in [3.63, 3.8) is 0 Å². The maximum absolute atomic E-state index is 12.3. The van der Waals surface area contributed by atoms with Crippen LogP contribution in [0.15, 0.2) is 48.5 Å². The molecule has 2 aromatic rings. The number of hydrogen-bond donors (Lipinski definition) is 2. The van der Waals surface area contributed by atoms with Crippen LogP contribution in [0, 0.1) is 10.1 Å². The Morgan fingerprint density at radius 1 is 1.31 bits per heavy atom. The molecule has 2 N–H and O–H groups in total. The van der Waals surface area contributed by atoms with Gasteiger partial charge in [0.25, 0.3) is 17.3 Å². The zero-order valence-electron chi connectivity index (χ0n) is 12.9. The molecule has 11 heteroatoms. The summed E-state index contributed by atoms with van der Waals surface area (Å²) in [5.74, 6) is 0. The normalized spacial score (nSPS) is 12.7. The molecule has 2 atom stereocenters. The molecule has 2 aromatic carbocycles. The zero-order chi connectivity index (χ0) is 19.3. The van der Waals surface area contributed by atoms with Crippen molar-refractivity contribution < 1.29 is 23.3 Å².